The predicted molar refractivity (Wildman–Crippen MR) is 71.2 cm³/mol. The number of hydrogen-bond donors (Lipinski definition) is 1. The van der Waals surface area contributed by atoms with Crippen LogP contribution in [0, 0.1) is 11.8 Å². The first-order chi connectivity index (χ1) is 8.24. The molecule has 0 aromatic heterocycles. The molecule has 1 saturated carbocycles. The molecule has 2 aliphatic rings. The number of likely N-dealkylation sites (tertiary alicyclic amines) is 1. The smallest absolute Gasteiger partial charge is 0.0724 e. The molecular formula is C14H28N2O. The second-order valence-corrected chi connectivity index (χ2v) is 5.80. The topological polar surface area (TPSA) is 24.5 Å². The maximum absolute atomic E-state index is 5.59. The van der Waals surface area contributed by atoms with Crippen LogP contribution in [-0.4, -0.2) is 50.3 Å². The highest BCUT2D eigenvalue weighted by Crippen LogP contribution is 2.33. The van der Waals surface area contributed by atoms with Gasteiger partial charge in [0.2, 0.25) is 0 Å². The van der Waals surface area contributed by atoms with Crippen molar-refractivity contribution in [3.05, 3.63) is 0 Å². The Labute approximate surface area is 106 Å². The summed E-state index contributed by atoms with van der Waals surface area (Å²) in [4.78, 5) is 2.60. The van der Waals surface area contributed by atoms with E-state index in [0.717, 1.165) is 24.9 Å². The second-order valence-electron chi connectivity index (χ2n) is 5.80. The Kier molecular flexibility index (Phi) is 4.83. The monoisotopic (exact) mass is 240 g/mol. The second kappa shape index (κ2) is 6.17. The summed E-state index contributed by atoms with van der Waals surface area (Å²) in [5, 5.41) is 3.65. The normalized spacial score (nSPS) is 32.6. The summed E-state index contributed by atoms with van der Waals surface area (Å²) in [5.74, 6) is 1.66. The van der Waals surface area contributed by atoms with Crippen molar-refractivity contribution in [2.45, 2.75) is 45.3 Å². The third-order valence-electron chi connectivity index (χ3n) is 4.39. The Bertz CT molecular complexity index is 230. The van der Waals surface area contributed by atoms with Gasteiger partial charge in [0, 0.05) is 26.2 Å². The Hall–Kier alpha value is -0.120. The van der Waals surface area contributed by atoms with Crippen LogP contribution >= 0.6 is 0 Å². The minimum absolute atomic E-state index is 0.435. The van der Waals surface area contributed by atoms with E-state index in [9.17, 15) is 0 Å². The average Bonchev–Trinajstić information content (AvgIpc) is 3.15. The van der Waals surface area contributed by atoms with E-state index >= 15 is 0 Å². The fourth-order valence-electron chi connectivity index (χ4n) is 2.99. The zero-order valence-corrected chi connectivity index (χ0v) is 11.6. The third-order valence-corrected chi connectivity index (χ3v) is 4.39. The molecule has 1 saturated heterocycles. The summed E-state index contributed by atoms with van der Waals surface area (Å²) in [6.07, 6.45) is 4.57. The number of piperidine rings is 1. The molecule has 0 spiro atoms. The maximum Gasteiger partial charge on any atom is 0.0724 e. The average molecular weight is 240 g/mol. The molecule has 0 aromatic rings. The van der Waals surface area contributed by atoms with Crippen molar-refractivity contribution in [1.29, 1.82) is 0 Å². The molecule has 0 amide bonds. The van der Waals surface area contributed by atoms with Crippen LogP contribution in [0.4, 0.5) is 0 Å². The molecule has 1 aliphatic carbocycles. The van der Waals surface area contributed by atoms with Gasteiger partial charge >= 0.3 is 0 Å². The molecule has 3 heteroatoms. The lowest BCUT2D eigenvalue weighted by atomic mass is 9.95. The van der Waals surface area contributed by atoms with E-state index in [1.54, 1.807) is 0 Å². The standard InChI is InChI=1S/C14H28N2O/c1-4-15-13(12-5-6-12)9-16-8-7-11(2)14(10-16)17-3/h11-15H,4-10H2,1-3H3. The van der Waals surface area contributed by atoms with Crippen molar-refractivity contribution in [2.24, 2.45) is 11.8 Å². The molecule has 17 heavy (non-hydrogen) atoms. The van der Waals surface area contributed by atoms with Crippen LogP contribution in [0.25, 0.3) is 0 Å². The van der Waals surface area contributed by atoms with Crippen molar-refractivity contribution < 1.29 is 4.74 Å². The molecule has 2 fully saturated rings. The Morgan fingerprint density at radius 1 is 1.35 bits per heavy atom. The number of nitrogens with one attached hydrogen (secondary N) is 1. The van der Waals surface area contributed by atoms with Crippen LogP contribution in [-0.2, 0) is 4.74 Å². The zero-order valence-electron chi connectivity index (χ0n) is 11.6. The first kappa shape index (κ1) is 13.3. The predicted octanol–water partition coefficient (Wildman–Crippen LogP) is 1.73. The molecule has 3 unspecified atom stereocenters. The van der Waals surface area contributed by atoms with Gasteiger partial charge in [-0.15, -0.1) is 0 Å². The molecule has 0 radical (unpaired) electrons. The van der Waals surface area contributed by atoms with Crippen LogP contribution in [0.3, 0.4) is 0 Å². The highest BCUT2D eigenvalue weighted by molar-refractivity contribution is 4.90. The maximum atomic E-state index is 5.59. The van der Waals surface area contributed by atoms with Crippen molar-refractivity contribution in [3.8, 4) is 0 Å². The van der Waals surface area contributed by atoms with Crippen LogP contribution in [0.1, 0.15) is 33.1 Å². The first-order valence-electron chi connectivity index (χ1n) is 7.23. The molecule has 1 N–H and O–H groups in total. The molecule has 100 valence electrons. The van der Waals surface area contributed by atoms with Crippen molar-refractivity contribution in [2.75, 3.05) is 33.3 Å². The summed E-state index contributed by atoms with van der Waals surface area (Å²) in [7, 11) is 1.85. The molecule has 1 aliphatic heterocycles. The molecule has 2 rings (SSSR count). The van der Waals surface area contributed by atoms with Gasteiger partial charge < -0.3 is 10.1 Å². The fraction of sp³-hybridized carbons (Fsp3) is 1.00. The lowest BCUT2D eigenvalue weighted by Crippen LogP contribution is -2.49. The van der Waals surface area contributed by atoms with Gasteiger partial charge in [0.15, 0.2) is 0 Å². The van der Waals surface area contributed by atoms with Crippen molar-refractivity contribution >= 4 is 0 Å². The summed E-state index contributed by atoms with van der Waals surface area (Å²) in [6.45, 7) is 9.20. The van der Waals surface area contributed by atoms with Crippen molar-refractivity contribution in [1.82, 2.24) is 10.2 Å². The van der Waals surface area contributed by atoms with Crippen LogP contribution in [0.15, 0.2) is 0 Å². The Morgan fingerprint density at radius 3 is 2.71 bits per heavy atom. The van der Waals surface area contributed by atoms with E-state index in [4.69, 9.17) is 4.74 Å². The van der Waals surface area contributed by atoms with Gasteiger partial charge in [0.1, 0.15) is 0 Å². The lowest BCUT2D eigenvalue weighted by Gasteiger charge is -2.38. The van der Waals surface area contributed by atoms with Crippen LogP contribution < -0.4 is 5.32 Å². The fourth-order valence-corrected chi connectivity index (χ4v) is 2.99. The van der Waals surface area contributed by atoms with Crippen molar-refractivity contribution in [3.63, 3.8) is 0 Å². The number of hydrogen-bond acceptors (Lipinski definition) is 3. The molecule has 0 aromatic carbocycles. The third kappa shape index (κ3) is 3.67. The number of nitrogens with zero attached hydrogens (tertiary/aromatic N) is 1. The summed E-state index contributed by atoms with van der Waals surface area (Å²) in [5.41, 5.74) is 0. The minimum atomic E-state index is 0.435. The number of likely N-dealkylation sites (N-methyl/N-ethyl adjacent to an activating group) is 1. The Balaban J connectivity index is 1.80. The molecule has 1 heterocycles. The van der Waals surface area contributed by atoms with Crippen LogP contribution in [0.2, 0.25) is 0 Å². The SMILES string of the molecule is CCNC(CN1CCC(C)C(OC)C1)C1CC1. The van der Waals surface area contributed by atoms with E-state index in [0.29, 0.717) is 12.1 Å². The van der Waals surface area contributed by atoms with Gasteiger partial charge in [-0.3, -0.25) is 4.90 Å². The van der Waals surface area contributed by atoms with E-state index in [2.05, 4.69) is 24.1 Å². The van der Waals surface area contributed by atoms with Gasteiger partial charge in [-0.1, -0.05) is 13.8 Å². The van der Waals surface area contributed by atoms with Gasteiger partial charge in [-0.25, -0.2) is 0 Å². The molecule has 0 bridgehead atoms. The quantitative estimate of drug-likeness (QED) is 0.765. The number of rotatable bonds is 6. The van der Waals surface area contributed by atoms with E-state index in [-0.39, 0.29) is 0 Å². The van der Waals surface area contributed by atoms with E-state index in [1.165, 1.54) is 32.4 Å². The molecule has 3 nitrogen and oxygen atoms in total. The number of ether oxygens (including phenoxy) is 1. The van der Waals surface area contributed by atoms with Gasteiger partial charge in [-0.2, -0.15) is 0 Å². The molecular weight excluding hydrogens is 212 g/mol. The largest absolute Gasteiger partial charge is 0.380 e. The summed E-state index contributed by atoms with van der Waals surface area (Å²) >= 11 is 0. The van der Waals surface area contributed by atoms with Gasteiger partial charge in [-0.05, 0) is 44.2 Å². The number of methoxy groups -OCH3 is 1. The first-order valence-corrected chi connectivity index (χ1v) is 7.23. The highest BCUT2D eigenvalue weighted by atomic mass is 16.5. The molecule has 3 atom stereocenters. The van der Waals surface area contributed by atoms with Crippen LogP contribution in [0.5, 0.6) is 0 Å². The highest BCUT2D eigenvalue weighted by Gasteiger charge is 2.34. The summed E-state index contributed by atoms with van der Waals surface area (Å²) < 4.78 is 5.59. The lowest BCUT2D eigenvalue weighted by molar-refractivity contribution is -0.00801. The minimum Gasteiger partial charge on any atom is -0.380 e. The van der Waals surface area contributed by atoms with Gasteiger partial charge in [0.25, 0.3) is 0 Å². The van der Waals surface area contributed by atoms with E-state index < -0.39 is 0 Å². The Morgan fingerprint density at radius 2 is 2.12 bits per heavy atom. The van der Waals surface area contributed by atoms with Gasteiger partial charge in [0.05, 0.1) is 6.10 Å². The summed E-state index contributed by atoms with van der Waals surface area (Å²) in [6, 6.07) is 0.714. The zero-order chi connectivity index (χ0) is 12.3. The van der Waals surface area contributed by atoms with E-state index in [1.807, 2.05) is 7.11 Å².